The lowest BCUT2D eigenvalue weighted by Gasteiger charge is -2.32. The lowest BCUT2D eigenvalue weighted by molar-refractivity contribution is 0.0694. The van der Waals surface area contributed by atoms with Crippen LogP contribution >= 0.6 is 15.9 Å². The Morgan fingerprint density at radius 1 is 1.12 bits per heavy atom. The minimum atomic E-state index is -4.06. The first-order valence-corrected chi connectivity index (χ1v) is 12.9. The molecular formula is C22H29BrN4O5S. The number of hydrogen-bond acceptors (Lipinski definition) is 7. The van der Waals surface area contributed by atoms with E-state index in [0.29, 0.717) is 16.7 Å². The molecule has 1 fully saturated rings. The van der Waals surface area contributed by atoms with Gasteiger partial charge in [-0.05, 0) is 60.2 Å². The monoisotopic (exact) mass is 540 g/mol. The number of carboxylic acids is 1. The first-order valence-electron chi connectivity index (χ1n) is 10.6. The third-order valence-electron chi connectivity index (χ3n) is 5.51. The standard InChI is InChI=1S/C22H29BrN4O5S/c1-26-12-14-27(15-13-26)11-5-10-24-17-6-3-4-7-19(17)33(30,31)25-18-9-8-16(23)21(32-2)20(18)22(28)29/h3-4,6-9,24-25H,5,10-15H2,1-2H3,(H,28,29). The molecule has 3 N–H and O–H groups in total. The number of rotatable bonds is 10. The molecule has 1 heterocycles. The highest BCUT2D eigenvalue weighted by Crippen LogP contribution is 2.35. The molecule has 0 saturated carbocycles. The molecule has 180 valence electrons. The van der Waals surface area contributed by atoms with Crippen LogP contribution in [-0.2, 0) is 10.0 Å². The molecule has 3 rings (SSSR count). The highest BCUT2D eigenvalue weighted by molar-refractivity contribution is 9.10. The number of halogens is 1. The second kappa shape index (κ2) is 11.2. The van der Waals surface area contributed by atoms with Gasteiger partial charge in [0.05, 0.1) is 23.0 Å². The van der Waals surface area contributed by atoms with E-state index in [2.05, 4.69) is 42.8 Å². The van der Waals surface area contributed by atoms with Crippen molar-refractivity contribution in [3.05, 3.63) is 46.4 Å². The predicted octanol–water partition coefficient (Wildman–Crippen LogP) is 3.01. The summed E-state index contributed by atoms with van der Waals surface area (Å²) >= 11 is 3.23. The summed E-state index contributed by atoms with van der Waals surface area (Å²) in [6.07, 6.45) is 0.874. The number of sulfonamides is 1. The summed E-state index contributed by atoms with van der Waals surface area (Å²) in [5.74, 6) is -1.26. The van der Waals surface area contributed by atoms with Crippen molar-refractivity contribution in [1.29, 1.82) is 0 Å². The lowest BCUT2D eigenvalue weighted by atomic mass is 10.1. The zero-order chi connectivity index (χ0) is 24.0. The quantitative estimate of drug-likeness (QED) is 0.394. The number of aromatic carboxylic acids is 1. The van der Waals surface area contributed by atoms with E-state index < -0.39 is 16.0 Å². The molecule has 0 bridgehead atoms. The van der Waals surface area contributed by atoms with Gasteiger partial charge in [-0.2, -0.15) is 0 Å². The van der Waals surface area contributed by atoms with Crippen LogP contribution in [0.15, 0.2) is 45.8 Å². The summed E-state index contributed by atoms with van der Waals surface area (Å²) < 4.78 is 34.3. The average molecular weight is 541 g/mol. The number of nitrogens with zero attached hydrogens (tertiary/aromatic N) is 2. The van der Waals surface area contributed by atoms with Crippen molar-refractivity contribution in [3.63, 3.8) is 0 Å². The number of anilines is 2. The van der Waals surface area contributed by atoms with Crippen LogP contribution in [0.25, 0.3) is 0 Å². The van der Waals surface area contributed by atoms with Gasteiger partial charge in [0.2, 0.25) is 0 Å². The Hall–Kier alpha value is -2.34. The van der Waals surface area contributed by atoms with Crippen molar-refractivity contribution in [3.8, 4) is 5.75 Å². The van der Waals surface area contributed by atoms with Crippen LogP contribution in [0.3, 0.4) is 0 Å². The molecule has 11 heteroatoms. The van der Waals surface area contributed by atoms with Gasteiger partial charge in [0, 0.05) is 32.7 Å². The zero-order valence-electron chi connectivity index (χ0n) is 18.7. The molecule has 0 aromatic heterocycles. The molecule has 0 amide bonds. The minimum absolute atomic E-state index is 0.0398. The van der Waals surface area contributed by atoms with E-state index in [9.17, 15) is 18.3 Å². The van der Waals surface area contributed by atoms with Crippen molar-refractivity contribution in [2.45, 2.75) is 11.3 Å². The maximum absolute atomic E-state index is 13.2. The third-order valence-corrected chi connectivity index (χ3v) is 7.56. The number of benzene rings is 2. The Morgan fingerprint density at radius 3 is 2.48 bits per heavy atom. The van der Waals surface area contributed by atoms with Crippen LogP contribution in [0.5, 0.6) is 5.75 Å². The van der Waals surface area contributed by atoms with E-state index in [0.717, 1.165) is 39.1 Å². The van der Waals surface area contributed by atoms with Gasteiger partial charge in [0.15, 0.2) is 0 Å². The van der Waals surface area contributed by atoms with Gasteiger partial charge in [0.25, 0.3) is 10.0 Å². The molecule has 1 aliphatic heterocycles. The number of piperazine rings is 1. The van der Waals surface area contributed by atoms with Crippen molar-refractivity contribution in [1.82, 2.24) is 9.80 Å². The molecular weight excluding hydrogens is 512 g/mol. The zero-order valence-corrected chi connectivity index (χ0v) is 21.1. The van der Waals surface area contributed by atoms with Crippen molar-refractivity contribution in [2.24, 2.45) is 0 Å². The van der Waals surface area contributed by atoms with Crippen LogP contribution in [0.1, 0.15) is 16.8 Å². The molecule has 33 heavy (non-hydrogen) atoms. The Labute approximate surface area is 202 Å². The van der Waals surface area contributed by atoms with Crippen molar-refractivity contribution in [2.75, 3.05) is 63.5 Å². The smallest absolute Gasteiger partial charge is 0.341 e. The summed E-state index contributed by atoms with van der Waals surface area (Å²) in [7, 11) is -0.620. The first kappa shape index (κ1) is 25.3. The molecule has 0 spiro atoms. The largest absolute Gasteiger partial charge is 0.495 e. The fourth-order valence-corrected chi connectivity index (χ4v) is 5.45. The van der Waals surface area contributed by atoms with Crippen LogP contribution in [0, 0.1) is 0 Å². The number of carbonyl (C=O) groups is 1. The highest BCUT2D eigenvalue weighted by Gasteiger charge is 2.25. The van der Waals surface area contributed by atoms with E-state index in [1.54, 1.807) is 18.2 Å². The molecule has 2 aromatic carbocycles. The second-order valence-corrected chi connectivity index (χ2v) is 10.3. The summed E-state index contributed by atoms with van der Waals surface area (Å²) in [5, 5.41) is 12.9. The number of methoxy groups -OCH3 is 1. The molecule has 1 aliphatic rings. The summed E-state index contributed by atoms with van der Waals surface area (Å²) in [6, 6.07) is 9.50. The third kappa shape index (κ3) is 6.38. The Bertz CT molecular complexity index is 1090. The van der Waals surface area contributed by atoms with Gasteiger partial charge in [-0.15, -0.1) is 0 Å². The molecule has 0 radical (unpaired) electrons. The van der Waals surface area contributed by atoms with Gasteiger partial charge in [0.1, 0.15) is 16.2 Å². The van der Waals surface area contributed by atoms with Crippen LogP contribution < -0.4 is 14.8 Å². The number of hydrogen-bond donors (Lipinski definition) is 3. The highest BCUT2D eigenvalue weighted by atomic mass is 79.9. The molecule has 0 aliphatic carbocycles. The molecule has 9 nitrogen and oxygen atoms in total. The fourth-order valence-electron chi connectivity index (χ4n) is 3.70. The van der Waals surface area contributed by atoms with Gasteiger partial charge >= 0.3 is 5.97 Å². The molecule has 1 saturated heterocycles. The van der Waals surface area contributed by atoms with E-state index in [1.807, 2.05) is 0 Å². The van der Waals surface area contributed by atoms with Crippen molar-refractivity contribution >= 4 is 43.3 Å². The Kier molecular flexibility index (Phi) is 8.57. The molecule has 0 atom stereocenters. The number of ether oxygens (including phenoxy) is 1. The molecule has 2 aromatic rings. The normalized spacial score (nSPS) is 15.2. The maximum Gasteiger partial charge on any atom is 0.341 e. The van der Waals surface area contributed by atoms with Crippen LogP contribution in [0.2, 0.25) is 0 Å². The Morgan fingerprint density at radius 2 is 1.82 bits per heavy atom. The average Bonchev–Trinajstić information content (AvgIpc) is 2.78. The van der Waals surface area contributed by atoms with E-state index in [-0.39, 0.29) is 21.9 Å². The van der Waals surface area contributed by atoms with Gasteiger partial charge in [-0.1, -0.05) is 12.1 Å². The van der Waals surface area contributed by atoms with E-state index in [1.165, 1.54) is 25.3 Å². The van der Waals surface area contributed by atoms with E-state index in [4.69, 9.17) is 4.74 Å². The van der Waals surface area contributed by atoms with Gasteiger partial charge in [-0.3, -0.25) is 4.72 Å². The fraction of sp³-hybridized carbons (Fsp3) is 0.409. The molecule has 0 unspecified atom stereocenters. The maximum atomic E-state index is 13.2. The van der Waals surface area contributed by atoms with Gasteiger partial charge < -0.3 is 25.0 Å². The number of nitrogens with one attached hydrogen (secondary N) is 2. The summed E-state index contributed by atoms with van der Waals surface area (Å²) in [6.45, 7) is 5.74. The summed E-state index contributed by atoms with van der Waals surface area (Å²) in [5.41, 5.74) is 0.116. The number of carboxylic acid groups (broad SMARTS) is 1. The van der Waals surface area contributed by atoms with Crippen LogP contribution in [-0.4, -0.2) is 82.7 Å². The number of likely N-dealkylation sites (N-methyl/N-ethyl adjacent to an activating group) is 1. The minimum Gasteiger partial charge on any atom is -0.495 e. The summed E-state index contributed by atoms with van der Waals surface area (Å²) in [4.78, 5) is 16.6. The predicted molar refractivity (Wildman–Crippen MR) is 132 cm³/mol. The Balaban J connectivity index is 1.73. The SMILES string of the molecule is COc1c(Br)ccc(NS(=O)(=O)c2ccccc2NCCCN2CCN(C)CC2)c1C(=O)O. The topological polar surface area (TPSA) is 111 Å². The lowest BCUT2D eigenvalue weighted by Crippen LogP contribution is -2.44. The van der Waals surface area contributed by atoms with E-state index >= 15 is 0 Å². The van der Waals surface area contributed by atoms with Gasteiger partial charge in [-0.25, -0.2) is 13.2 Å². The van der Waals surface area contributed by atoms with Crippen molar-refractivity contribution < 1.29 is 23.1 Å². The van der Waals surface area contributed by atoms with Crippen LogP contribution in [0.4, 0.5) is 11.4 Å². The first-order chi connectivity index (χ1) is 15.7. The second-order valence-electron chi connectivity index (χ2n) is 7.84. The number of para-hydroxylation sites is 1.